The number of nitrogens with one attached hydrogen (secondary N) is 1. The fourth-order valence-electron chi connectivity index (χ4n) is 4.36. The lowest BCUT2D eigenvalue weighted by Gasteiger charge is -2.23. The van der Waals surface area contributed by atoms with Gasteiger partial charge in [-0.15, -0.1) is 0 Å². The zero-order valence-electron chi connectivity index (χ0n) is 12.8. The van der Waals surface area contributed by atoms with Gasteiger partial charge >= 0.3 is 0 Å². The molecule has 0 radical (unpaired) electrons. The minimum Gasteiger partial charge on any atom is -0.310 e. The first kappa shape index (κ1) is 13.2. The smallest absolute Gasteiger partial charge is 0.0356 e. The van der Waals surface area contributed by atoms with Crippen molar-refractivity contribution in [1.29, 1.82) is 0 Å². The molecule has 0 aliphatic heterocycles. The van der Waals surface area contributed by atoms with Crippen LogP contribution >= 0.6 is 0 Å². The van der Waals surface area contributed by atoms with E-state index in [0.717, 1.165) is 24.3 Å². The number of fused-ring (bicyclic) bond motifs is 1. The van der Waals surface area contributed by atoms with E-state index in [0.29, 0.717) is 6.04 Å². The summed E-state index contributed by atoms with van der Waals surface area (Å²) in [7, 11) is 0. The van der Waals surface area contributed by atoms with Crippen LogP contribution in [-0.2, 0) is 0 Å². The van der Waals surface area contributed by atoms with E-state index in [4.69, 9.17) is 0 Å². The van der Waals surface area contributed by atoms with E-state index in [1.807, 2.05) is 0 Å². The zero-order chi connectivity index (χ0) is 13.6. The number of hydrogen-bond donors (Lipinski definition) is 1. The van der Waals surface area contributed by atoms with Gasteiger partial charge in [0.25, 0.3) is 0 Å². The molecule has 1 heteroatoms. The van der Waals surface area contributed by atoms with E-state index in [1.165, 1.54) is 36.0 Å². The van der Waals surface area contributed by atoms with Crippen molar-refractivity contribution in [2.75, 3.05) is 6.54 Å². The lowest BCUT2D eigenvalue weighted by molar-refractivity contribution is 0.424. The third-order valence-corrected chi connectivity index (χ3v) is 5.50. The van der Waals surface area contributed by atoms with E-state index in [2.05, 4.69) is 45.1 Å². The monoisotopic (exact) mass is 257 g/mol. The average molecular weight is 257 g/mol. The standard InChI is InChI=1S/C18H27N/c1-5-19-18(17-14-7-6-8-15(14)17)16-10-12(3)11(2)9-13(16)4/h9-10,14-15,17-19H,5-8H2,1-4H3. The summed E-state index contributed by atoms with van der Waals surface area (Å²) in [6.07, 6.45) is 4.42. The molecule has 1 aromatic rings. The minimum absolute atomic E-state index is 0.597. The molecule has 2 aliphatic carbocycles. The molecule has 2 aliphatic rings. The minimum atomic E-state index is 0.597. The Morgan fingerprint density at radius 1 is 1.05 bits per heavy atom. The molecule has 0 amide bonds. The molecule has 0 heterocycles. The van der Waals surface area contributed by atoms with E-state index >= 15 is 0 Å². The molecule has 1 nitrogen and oxygen atoms in total. The first-order valence-corrected chi connectivity index (χ1v) is 7.94. The predicted octanol–water partition coefficient (Wildman–Crippen LogP) is 4.31. The molecule has 1 aromatic carbocycles. The van der Waals surface area contributed by atoms with Crippen molar-refractivity contribution in [3.05, 3.63) is 34.4 Å². The molecule has 2 saturated carbocycles. The topological polar surface area (TPSA) is 12.0 Å². The number of rotatable bonds is 4. The molecule has 104 valence electrons. The summed E-state index contributed by atoms with van der Waals surface area (Å²) >= 11 is 0. The second kappa shape index (κ2) is 4.94. The second-order valence-corrected chi connectivity index (χ2v) is 6.66. The third kappa shape index (κ3) is 2.23. The van der Waals surface area contributed by atoms with Crippen LogP contribution in [0, 0.1) is 38.5 Å². The SMILES string of the molecule is CCNC(c1cc(C)c(C)cc1C)C1C2CCCC21. The Bertz CT molecular complexity index is 467. The summed E-state index contributed by atoms with van der Waals surface area (Å²) in [5.41, 5.74) is 5.89. The van der Waals surface area contributed by atoms with E-state index in [-0.39, 0.29) is 0 Å². The quantitative estimate of drug-likeness (QED) is 0.847. The van der Waals surface area contributed by atoms with Gasteiger partial charge < -0.3 is 5.32 Å². The number of aryl methyl sites for hydroxylation is 3. The molecule has 2 fully saturated rings. The van der Waals surface area contributed by atoms with Gasteiger partial charge in [0.05, 0.1) is 0 Å². The van der Waals surface area contributed by atoms with Crippen molar-refractivity contribution in [3.8, 4) is 0 Å². The maximum atomic E-state index is 3.78. The zero-order valence-corrected chi connectivity index (χ0v) is 12.8. The van der Waals surface area contributed by atoms with Gasteiger partial charge in [-0.2, -0.15) is 0 Å². The van der Waals surface area contributed by atoms with Crippen LogP contribution in [0.2, 0.25) is 0 Å². The van der Waals surface area contributed by atoms with E-state index in [9.17, 15) is 0 Å². The Kier molecular flexibility index (Phi) is 3.42. The Labute approximate surface area is 117 Å². The van der Waals surface area contributed by atoms with Gasteiger partial charge in [0.15, 0.2) is 0 Å². The summed E-state index contributed by atoms with van der Waals surface area (Å²) in [6, 6.07) is 5.40. The van der Waals surface area contributed by atoms with Crippen LogP contribution in [0.15, 0.2) is 12.1 Å². The summed E-state index contributed by atoms with van der Waals surface area (Å²) in [5, 5.41) is 3.78. The van der Waals surface area contributed by atoms with Gasteiger partial charge in [0.2, 0.25) is 0 Å². The van der Waals surface area contributed by atoms with Crippen molar-refractivity contribution in [2.45, 2.75) is 53.0 Å². The lowest BCUT2D eigenvalue weighted by atomic mass is 9.90. The van der Waals surface area contributed by atoms with Crippen molar-refractivity contribution in [3.63, 3.8) is 0 Å². The van der Waals surface area contributed by atoms with Gasteiger partial charge in [0, 0.05) is 6.04 Å². The number of hydrogen-bond acceptors (Lipinski definition) is 1. The van der Waals surface area contributed by atoms with Crippen LogP contribution in [0.5, 0.6) is 0 Å². The maximum Gasteiger partial charge on any atom is 0.0356 e. The molecule has 0 bridgehead atoms. The third-order valence-electron chi connectivity index (χ3n) is 5.50. The Morgan fingerprint density at radius 2 is 1.68 bits per heavy atom. The fourth-order valence-corrected chi connectivity index (χ4v) is 4.36. The molecule has 3 atom stereocenters. The summed E-state index contributed by atoms with van der Waals surface area (Å²) < 4.78 is 0. The van der Waals surface area contributed by atoms with Gasteiger partial charge in [-0.1, -0.05) is 25.5 Å². The maximum absolute atomic E-state index is 3.78. The predicted molar refractivity (Wildman–Crippen MR) is 81.4 cm³/mol. The van der Waals surface area contributed by atoms with Crippen LogP contribution in [0.25, 0.3) is 0 Å². The number of benzene rings is 1. The highest BCUT2D eigenvalue weighted by atomic mass is 14.9. The van der Waals surface area contributed by atoms with Crippen LogP contribution in [-0.4, -0.2) is 6.54 Å². The molecular weight excluding hydrogens is 230 g/mol. The van der Waals surface area contributed by atoms with Gasteiger partial charge in [-0.3, -0.25) is 0 Å². The Balaban J connectivity index is 1.90. The van der Waals surface area contributed by atoms with Gasteiger partial charge in [-0.05, 0) is 80.2 Å². The summed E-state index contributed by atoms with van der Waals surface area (Å²) in [6.45, 7) is 10.1. The van der Waals surface area contributed by atoms with E-state index in [1.54, 1.807) is 5.56 Å². The summed E-state index contributed by atoms with van der Waals surface area (Å²) in [5.74, 6) is 2.95. The first-order valence-electron chi connectivity index (χ1n) is 7.94. The molecule has 1 N–H and O–H groups in total. The van der Waals surface area contributed by atoms with Crippen molar-refractivity contribution >= 4 is 0 Å². The Hall–Kier alpha value is -0.820. The first-order chi connectivity index (χ1) is 9.13. The van der Waals surface area contributed by atoms with Crippen molar-refractivity contribution in [2.24, 2.45) is 17.8 Å². The van der Waals surface area contributed by atoms with Crippen molar-refractivity contribution in [1.82, 2.24) is 5.32 Å². The van der Waals surface area contributed by atoms with Crippen molar-refractivity contribution < 1.29 is 0 Å². The fraction of sp³-hybridized carbons (Fsp3) is 0.667. The average Bonchev–Trinajstić information content (AvgIpc) is 2.82. The second-order valence-electron chi connectivity index (χ2n) is 6.66. The van der Waals surface area contributed by atoms with Crippen LogP contribution in [0.1, 0.15) is 54.5 Å². The molecule has 0 aromatic heterocycles. The lowest BCUT2D eigenvalue weighted by Crippen LogP contribution is -2.25. The van der Waals surface area contributed by atoms with Gasteiger partial charge in [0.1, 0.15) is 0 Å². The molecule has 0 saturated heterocycles. The van der Waals surface area contributed by atoms with Crippen LogP contribution in [0.4, 0.5) is 0 Å². The molecule has 19 heavy (non-hydrogen) atoms. The van der Waals surface area contributed by atoms with E-state index < -0.39 is 0 Å². The highest BCUT2D eigenvalue weighted by Gasteiger charge is 2.56. The highest BCUT2D eigenvalue weighted by molar-refractivity contribution is 5.39. The summed E-state index contributed by atoms with van der Waals surface area (Å²) in [4.78, 5) is 0. The molecule has 3 unspecified atom stereocenters. The van der Waals surface area contributed by atoms with Crippen LogP contribution in [0.3, 0.4) is 0 Å². The molecule has 0 spiro atoms. The largest absolute Gasteiger partial charge is 0.310 e. The van der Waals surface area contributed by atoms with Crippen LogP contribution < -0.4 is 5.32 Å². The Morgan fingerprint density at radius 3 is 2.32 bits per heavy atom. The highest BCUT2D eigenvalue weighted by Crippen LogP contribution is 2.62. The molecular formula is C18H27N. The normalized spacial score (nSPS) is 30.2. The molecule has 3 rings (SSSR count). The van der Waals surface area contributed by atoms with Gasteiger partial charge in [-0.25, -0.2) is 0 Å².